The molecule has 1 aromatic rings. The van der Waals surface area contributed by atoms with Crippen LogP contribution < -0.4 is 10.6 Å². The maximum Gasteiger partial charge on any atom is 0.410 e. The molecule has 1 saturated heterocycles. The van der Waals surface area contributed by atoms with Gasteiger partial charge in [-0.3, -0.25) is 10.1 Å². The van der Waals surface area contributed by atoms with E-state index in [2.05, 4.69) is 22.5 Å². The zero-order valence-corrected chi connectivity index (χ0v) is 17.2. The minimum Gasteiger partial charge on any atom is -0.322 e. The average Bonchev–Trinajstić information content (AvgIpc) is 3.48. The summed E-state index contributed by atoms with van der Waals surface area (Å²) < 4.78 is 39.4. The third kappa shape index (κ3) is 5.69. The van der Waals surface area contributed by atoms with E-state index in [1.165, 1.54) is 17.0 Å². The van der Waals surface area contributed by atoms with Crippen molar-refractivity contribution in [1.29, 1.82) is 0 Å². The van der Waals surface area contributed by atoms with Crippen molar-refractivity contribution < 1.29 is 22.8 Å². The third-order valence-electron chi connectivity index (χ3n) is 4.81. The molecule has 1 saturated carbocycles. The highest BCUT2D eigenvalue weighted by Gasteiger charge is 2.50. The first-order chi connectivity index (χ1) is 14.1. The second kappa shape index (κ2) is 8.88. The predicted octanol–water partition coefficient (Wildman–Crippen LogP) is 3.76. The van der Waals surface area contributed by atoms with E-state index in [1.54, 1.807) is 6.07 Å². The Morgan fingerprint density at radius 2 is 1.83 bits per heavy atom. The Hall–Kier alpha value is -2.21. The highest BCUT2D eigenvalue weighted by Crippen LogP contribution is 2.52. The fourth-order valence-corrected chi connectivity index (χ4v) is 3.35. The van der Waals surface area contributed by atoms with Gasteiger partial charge in [-0.2, -0.15) is 13.2 Å². The summed E-state index contributed by atoms with van der Waals surface area (Å²) in [7, 11) is 0. The Morgan fingerprint density at radius 1 is 1.17 bits per heavy atom. The Morgan fingerprint density at radius 3 is 2.40 bits per heavy atom. The first kappa shape index (κ1) is 22.5. The molecule has 30 heavy (non-hydrogen) atoms. The van der Waals surface area contributed by atoms with Crippen LogP contribution >= 0.6 is 23.2 Å². The summed E-state index contributed by atoms with van der Waals surface area (Å²) in [6, 6.07) is 3.88. The minimum atomic E-state index is -4.73. The molecule has 2 fully saturated rings. The first-order valence-corrected chi connectivity index (χ1v) is 9.94. The number of rotatable bonds is 2. The molecule has 0 spiro atoms. The molecule has 2 aliphatic rings. The van der Waals surface area contributed by atoms with Crippen LogP contribution in [0.25, 0.3) is 0 Å². The third-order valence-corrected chi connectivity index (χ3v) is 5.55. The summed E-state index contributed by atoms with van der Waals surface area (Å²) in [5.41, 5.74) is -1.37. The number of carbonyl (C=O) groups is 2. The molecular weight excluding hydrogens is 442 g/mol. The van der Waals surface area contributed by atoms with Gasteiger partial charge in [0.15, 0.2) is 0 Å². The van der Waals surface area contributed by atoms with Gasteiger partial charge in [-0.05, 0) is 31.0 Å². The molecule has 3 rings (SSSR count). The number of imide groups is 1. The fourth-order valence-electron chi connectivity index (χ4n) is 3.05. The van der Waals surface area contributed by atoms with E-state index >= 15 is 0 Å². The molecule has 1 aliphatic carbocycles. The summed E-state index contributed by atoms with van der Waals surface area (Å²) in [6.07, 6.45) is -4.24. The Bertz CT molecular complexity index is 941. The number of nitrogens with zero attached hydrogens (tertiary/aromatic N) is 1. The van der Waals surface area contributed by atoms with Crippen LogP contribution in [0.4, 0.5) is 18.0 Å². The second-order valence-electron chi connectivity index (χ2n) is 7.06. The largest absolute Gasteiger partial charge is 0.410 e. The van der Waals surface area contributed by atoms with Crippen LogP contribution in [0, 0.1) is 17.3 Å². The lowest BCUT2D eigenvalue weighted by atomic mass is 9.94. The molecule has 1 heterocycles. The number of hydrogen-bond donors (Lipinski definition) is 2. The number of halogens is 5. The van der Waals surface area contributed by atoms with Gasteiger partial charge in [-0.1, -0.05) is 35.0 Å². The summed E-state index contributed by atoms with van der Waals surface area (Å²) in [6.45, 7) is 1.82. The standard InChI is InChI=1S/C20H18Cl2F3N3O2/c21-15-2-1-13(11-16(15)22)3-4-19(5-6-19)14(12-20(23,24)25)17(29)27-18(30)28-9-7-26-8-10-28/h1-2,11-12,26H,5-10H2,(H,27,29,30)/b14-12-. The van der Waals surface area contributed by atoms with E-state index < -0.39 is 29.1 Å². The molecule has 0 unspecified atom stereocenters. The zero-order chi connectivity index (χ0) is 21.9. The number of nitrogens with one attached hydrogen (secondary N) is 2. The fraction of sp³-hybridized carbons (Fsp3) is 0.400. The normalized spacial score (nSPS) is 18.3. The van der Waals surface area contributed by atoms with Gasteiger partial charge in [0.05, 0.1) is 15.5 Å². The van der Waals surface area contributed by atoms with Crippen LogP contribution in [0.3, 0.4) is 0 Å². The van der Waals surface area contributed by atoms with E-state index in [0.29, 0.717) is 36.8 Å². The topological polar surface area (TPSA) is 61.4 Å². The van der Waals surface area contributed by atoms with Gasteiger partial charge in [0, 0.05) is 43.4 Å². The number of piperazine rings is 1. The number of amides is 3. The van der Waals surface area contributed by atoms with Gasteiger partial charge in [0.1, 0.15) is 0 Å². The zero-order valence-electron chi connectivity index (χ0n) is 15.7. The molecule has 1 aliphatic heterocycles. The number of carbonyl (C=O) groups excluding carboxylic acids is 2. The molecule has 2 N–H and O–H groups in total. The maximum atomic E-state index is 13.1. The van der Waals surface area contributed by atoms with Gasteiger partial charge in [-0.15, -0.1) is 0 Å². The summed E-state index contributed by atoms with van der Waals surface area (Å²) in [4.78, 5) is 26.3. The molecule has 160 valence electrons. The van der Waals surface area contributed by atoms with Gasteiger partial charge in [0.2, 0.25) is 0 Å². The van der Waals surface area contributed by atoms with Crippen LogP contribution in [0.1, 0.15) is 18.4 Å². The highest BCUT2D eigenvalue weighted by molar-refractivity contribution is 6.42. The van der Waals surface area contributed by atoms with Crippen molar-refractivity contribution in [2.24, 2.45) is 5.41 Å². The van der Waals surface area contributed by atoms with Crippen LogP contribution in [-0.2, 0) is 4.79 Å². The number of hydrogen-bond acceptors (Lipinski definition) is 3. The Labute approximate surface area is 181 Å². The Kier molecular flexibility index (Phi) is 6.65. The van der Waals surface area contributed by atoms with Crippen LogP contribution in [-0.4, -0.2) is 49.2 Å². The molecule has 0 radical (unpaired) electrons. The lowest BCUT2D eigenvalue weighted by Crippen LogP contribution is -2.51. The van der Waals surface area contributed by atoms with Crippen LogP contribution in [0.2, 0.25) is 10.0 Å². The van der Waals surface area contributed by atoms with E-state index in [9.17, 15) is 22.8 Å². The van der Waals surface area contributed by atoms with Gasteiger partial charge in [0.25, 0.3) is 5.91 Å². The molecule has 3 amide bonds. The number of benzene rings is 1. The van der Waals surface area contributed by atoms with Crippen molar-refractivity contribution in [2.75, 3.05) is 26.2 Å². The lowest BCUT2D eigenvalue weighted by molar-refractivity contribution is -0.118. The molecule has 0 aromatic heterocycles. The van der Waals surface area contributed by atoms with E-state index in [-0.39, 0.29) is 23.9 Å². The molecule has 1 aromatic carbocycles. The summed E-state index contributed by atoms with van der Waals surface area (Å²) in [5.74, 6) is 4.46. The summed E-state index contributed by atoms with van der Waals surface area (Å²) >= 11 is 11.8. The van der Waals surface area contributed by atoms with E-state index in [1.807, 2.05) is 0 Å². The smallest absolute Gasteiger partial charge is 0.322 e. The molecule has 0 bridgehead atoms. The van der Waals surface area contributed by atoms with Crippen LogP contribution in [0.15, 0.2) is 29.8 Å². The minimum absolute atomic E-state index is 0.0656. The molecule has 5 nitrogen and oxygen atoms in total. The van der Waals surface area contributed by atoms with Gasteiger partial charge >= 0.3 is 12.2 Å². The second-order valence-corrected chi connectivity index (χ2v) is 7.87. The predicted molar refractivity (Wildman–Crippen MR) is 107 cm³/mol. The number of urea groups is 1. The molecule has 0 atom stereocenters. The van der Waals surface area contributed by atoms with Crippen LogP contribution in [0.5, 0.6) is 0 Å². The van der Waals surface area contributed by atoms with Gasteiger partial charge in [-0.25, -0.2) is 4.79 Å². The molecular formula is C20H18Cl2F3N3O2. The first-order valence-electron chi connectivity index (χ1n) is 9.19. The molecule has 10 heteroatoms. The Balaban J connectivity index is 1.84. The van der Waals surface area contributed by atoms with E-state index in [0.717, 1.165) is 0 Å². The van der Waals surface area contributed by atoms with Crippen molar-refractivity contribution in [1.82, 2.24) is 15.5 Å². The number of allylic oxidation sites excluding steroid dienone is 1. The lowest BCUT2D eigenvalue weighted by Gasteiger charge is -2.27. The van der Waals surface area contributed by atoms with E-state index in [4.69, 9.17) is 23.2 Å². The van der Waals surface area contributed by atoms with Gasteiger partial charge < -0.3 is 10.2 Å². The average molecular weight is 460 g/mol. The van der Waals surface area contributed by atoms with Crippen molar-refractivity contribution in [3.63, 3.8) is 0 Å². The van der Waals surface area contributed by atoms with Crippen molar-refractivity contribution >= 4 is 35.1 Å². The quantitative estimate of drug-likeness (QED) is 0.522. The number of alkyl halides is 3. The maximum absolute atomic E-state index is 13.1. The van der Waals surface area contributed by atoms with Crippen molar-refractivity contribution in [2.45, 2.75) is 19.0 Å². The summed E-state index contributed by atoms with van der Waals surface area (Å²) in [5, 5.41) is 5.72. The monoisotopic (exact) mass is 459 g/mol. The highest BCUT2D eigenvalue weighted by atomic mass is 35.5. The van der Waals surface area contributed by atoms with Crippen molar-refractivity contribution in [3.8, 4) is 11.8 Å². The van der Waals surface area contributed by atoms with Crippen molar-refractivity contribution in [3.05, 3.63) is 45.5 Å². The SMILES string of the molecule is O=C(NC(=O)N1CCNCC1)/C(=C/C(F)(F)F)C1(C#Cc2ccc(Cl)c(Cl)c2)CC1.